The Morgan fingerprint density at radius 3 is 2.54 bits per heavy atom. The van der Waals surface area contributed by atoms with Crippen LogP contribution in [0.3, 0.4) is 0 Å². The Kier molecular flexibility index (Phi) is 5.89. The molecule has 7 nitrogen and oxygen atoms in total. The summed E-state index contributed by atoms with van der Waals surface area (Å²) in [6.07, 6.45) is 1.42. The van der Waals surface area contributed by atoms with Gasteiger partial charge in [-0.3, -0.25) is 10.1 Å². The lowest BCUT2D eigenvalue weighted by Gasteiger charge is -2.31. The van der Waals surface area contributed by atoms with Crippen molar-refractivity contribution >= 4 is 15.7 Å². The zero-order valence-electron chi connectivity index (χ0n) is 13.8. The van der Waals surface area contributed by atoms with Gasteiger partial charge in [0.1, 0.15) is 5.82 Å². The van der Waals surface area contributed by atoms with Gasteiger partial charge >= 0.3 is 0 Å². The highest BCUT2D eigenvalue weighted by Crippen LogP contribution is 2.29. The quantitative estimate of drug-likeness (QED) is 0.620. The summed E-state index contributed by atoms with van der Waals surface area (Å²) >= 11 is 0. The predicted molar refractivity (Wildman–Crippen MR) is 87.8 cm³/mol. The van der Waals surface area contributed by atoms with Crippen LogP contribution in [0.4, 0.5) is 10.1 Å². The summed E-state index contributed by atoms with van der Waals surface area (Å²) in [5.74, 6) is -0.481. The molecule has 134 valence electrons. The Morgan fingerprint density at radius 2 is 2.00 bits per heavy atom. The first-order valence-corrected chi connectivity index (χ1v) is 9.36. The van der Waals surface area contributed by atoms with Gasteiger partial charge in [-0.25, -0.2) is 12.8 Å². The maximum Gasteiger partial charge on any atom is 0.276 e. The monoisotopic (exact) mass is 359 g/mol. The van der Waals surface area contributed by atoms with Gasteiger partial charge in [-0.15, -0.1) is 0 Å². The second-order valence-electron chi connectivity index (χ2n) is 5.96. The summed E-state index contributed by atoms with van der Waals surface area (Å²) in [5.41, 5.74) is -0.682. The van der Waals surface area contributed by atoms with Gasteiger partial charge < -0.3 is 5.32 Å². The normalized spacial score (nSPS) is 17.1. The van der Waals surface area contributed by atoms with Crippen molar-refractivity contribution < 1.29 is 17.7 Å². The Hall–Kier alpha value is -1.58. The third-order valence-electron chi connectivity index (χ3n) is 4.38. The molecule has 24 heavy (non-hydrogen) atoms. The van der Waals surface area contributed by atoms with E-state index in [1.165, 1.54) is 11.2 Å². The maximum absolute atomic E-state index is 13.9. The first-order valence-electron chi connectivity index (χ1n) is 7.92. The van der Waals surface area contributed by atoms with Crippen LogP contribution in [0.5, 0.6) is 0 Å². The zero-order chi connectivity index (χ0) is 17.9. The fraction of sp³-hybridized carbons (Fsp3) is 0.600. The SMILES string of the molecule is CCNCC1CCN(S(=O)(=O)c2cc(F)c(C)c([N+](=O)[O-])c2)CC1. The van der Waals surface area contributed by atoms with Gasteiger partial charge in [0, 0.05) is 19.2 Å². The number of nitrogens with zero attached hydrogens (tertiary/aromatic N) is 2. The molecule has 0 atom stereocenters. The minimum atomic E-state index is -3.93. The number of piperidine rings is 1. The molecule has 0 aliphatic carbocycles. The van der Waals surface area contributed by atoms with Crippen LogP contribution in [-0.2, 0) is 10.0 Å². The van der Waals surface area contributed by atoms with E-state index in [0.29, 0.717) is 31.8 Å². The van der Waals surface area contributed by atoms with Gasteiger partial charge in [-0.05, 0) is 44.8 Å². The van der Waals surface area contributed by atoms with Crippen LogP contribution in [0.2, 0.25) is 0 Å². The summed E-state index contributed by atoms with van der Waals surface area (Å²) in [6.45, 7) is 5.65. The van der Waals surface area contributed by atoms with Crippen LogP contribution in [0.25, 0.3) is 0 Å². The van der Waals surface area contributed by atoms with Crippen LogP contribution in [-0.4, -0.2) is 43.8 Å². The molecule has 0 aromatic heterocycles. The summed E-state index contributed by atoms with van der Waals surface area (Å²) in [4.78, 5) is 9.87. The molecule has 1 fully saturated rings. The van der Waals surface area contributed by atoms with Crippen molar-refractivity contribution in [2.75, 3.05) is 26.2 Å². The molecule has 0 radical (unpaired) electrons. The van der Waals surface area contributed by atoms with E-state index >= 15 is 0 Å². The molecule has 1 aliphatic rings. The van der Waals surface area contributed by atoms with Crippen LogP contribution in [0, 0.1) is 28.8 Å². The second kappa shape index (κ2) is 7.54. The van der Waals surface area contributed by atoms with Crippen molar-refractivity contribution in [3.8, 4) is 0 Å². The lowest BCUT2D eigenvalue weighted by atomic mass is 9.98. The molecule has 2 rings (SSSR count). The van der Waals surface area contributed by atoms with Crippen molar-refractivity contribution in [1.82, 2.24) is 9.62 Å². The Morgan fingerprint density at radius 1 is 1.38 bits per heavy atom. The molecule has 0 spiro atoms. The molecule has 1 heterocycles. The van der Waals surface area contributed by atoms with Crippen LogP contribution < -0.4 is 5.32 Å². The summed E-state index contributed by atoms with van der Waals surface area (Å²) in [6, 6.07) is 1.81. The van der Waals surface area contributed by atoms with Gasteiger partial charge in [-0.1, -0.05) is 6.92 Å². The van der Waals surface area contributed by atoms with E-state index in [2.05, 4.69) is 5.32 Å². The Balaban J connectivity index is 2.21. The van der Waals surface area contributed by atoms with Gasteiger partial charge in [0.05, 0.1) is 15.4 Å². The van der Waals surface area contributed by atoms with E-state index in [9.17, 15) is 22.9 Å². The average molecular weight is 359 g/mol. The number of halogens is 1. The molecule has 0 bridgehead atoms. The second-order valence-corrected chi connectivity index (χ2v) is 7.90. The highest BCUT2D eigenvalue weighted by molar-refractivity contribution is 7.89. The molecule has 1 aromatic rings. The zero-order valence-corrected chi connectivity index (χ0v) is 14.6. The van der Waals surface area contributed by atoms with E-state index in [4.69, 9.17) is 0 Å². The van der Waals surface area contributed by atoms with Crippen molar-refractivity contribution in [1.29, 1.82) is 0 Å². The number of nitrogens with one attached hydrogen (secondary N) is 1. The van der Waals surface area contributed by atoms with E-state index in [1.807, 2.05) is 6.92 Å². The molecule has 0 unspecified atom stereocenters. The van der Waals surface area contributed by atoms with Gasteiger partial charge in [0.2, 0.25) is 10.0 Å². The average Bonchev–Trinajstić information content (AvgIpc) is 2.55. The molecule has 1 aromatic carbocycles. The smallest absolute Gasteiger partial charge is 0.276 e. The molecule has 1 aliphatic heterocycles. The van der Waals surface area contributed by atoms with Crippen molar-refractivity contribution in [2.24, 2.45) is 5.92 Å². The van der Waals surface area contributed by atoms with E-state index in [1.54, 1.807) is 0 Å². The molecule has 9 heteroatoms. The topological polar surface area (TPSA) is 92.6 Å². The van der Waals surface area contributed by atoms with Crippen LogP contribution in [0.1, 0.15) is 25.3 Å². The fourth-order valence-electron chi connectivity index (χ4n) is 2.83. The highest BCUT2D eigenvalue weighted by atomic mass is 32.2. The molecule has 1 saturated heterocycles. The molecule has 1 N–H and O–H groups in total. The van der Waals surface area contributed by atoms with Crippen LogP contribution >= 0.6 is 0 Å². The number of rotatable bonds is 6. The number of hydrogen-bond acceptors (Lipinski definition) is 5. The van der Waals surface area contributed by atoms with Crippen molar-refractivity contribution in [3.05, 3.63) is 33.6 Å². The van der Waals surface area contributed by atoms with E-state index < -0.39 is 26.5 Å². The summed E-state index contributed by atoms with van der Waals surface area (Å²) in [7, 11) is -3.93. The summed E-state index contributed by atoms with van der Waals surface area (Å²) in [5, 5.41) is 14.2. The minimum absolute atomic E-state index is 0.164. The van der Waals surface area contributed by atoms with E-state index in [-0.39, 0.29) is 10.5 Å². The first kappa shape index (κ1) is 18.8. The third kappa shape index (κ3) is 3.90. The molecular formula is C15H22FN3O4S. The number of hydrogen-bond donors (Lipinski definition) is 1. The molecule has 0 amide bonds. The maximum atomic E-state index is 13.9. The molecule has 0 saturated carbocycles. The van der Waals surface area contributed by atoms with Gasteiger partial charge in [0.15, 0.2) is 0 Å². The van der Waals surface area contributed by atoms with Crippen LogP contribution in [0.15, 0.2) is 17.0 Å². The molecular weight excluding hydrogens is 337 g/mol. The van der Waals surface area contributed by atoms with E-state index in [0.717, 1.165) is 25.2 Å². The number of nitro benzene ring substituents is 1. The van der Waals surface area contributed by atoms with Gasteiger partial charge in [0.25, 0.3) is 5.69 Å². The number of benzene rings is 1. The lowest BCUT2D eigenvalue weighted by Crippen LogP contribution is -2.40. The largest absolute Gasteiger partial charge is 0.317 e. The standard InChI is InChI=1S/C15H22FN3O4S/c1-3-17-10-12-4-6-18(7-5-12)24(22,23)13-8-14(16)11(2)15(9-13)19(20)21/h8-9,12,17H,3-7,10H2,1-2H3. The Bertz CT molecular complexity index is 716. The van der Waals surface area contributed by atoms with Crippen molar-refractivity contribution in [3.63, 3.8) is 0 Å². The number of nitro groups is 1. The fourth-order valence-corrected chi connectivity index (χ4v) is 4.33. The summed E-state index contributed by atoms with van der Waals surface area (Å²) < 4.78 is 40.5. The van der Waals surface area contributed by atoms with Crippen molar-refractivity contribution in [2.45, 2.75) is 31.6 Å². The number of sulfonamides is 1. The lowest BCUT2D eigenvalue weighted by molar-refractivity contribution is -0.385. The predicted octanol–water partition coefficient (Wildman–Crippen LogP) is 2.05. The van der Waals surface area contributed by atoms with Gasteiger partial charge in [-0.2, -0.15) is 4.31 Å². The third-order valence-corrected chi connectivity index (χ3v) is 6.26. The Labute approximate surface area is 141 Å². The highest BCUT2D eigenvalue weighted by Gasteiger charge is 2.31. The minimum Gasteiger partial charge on any atom is -0.317 e. The first-order chi connectivity index (χ1) is 11.3.